The molecule has 0 spiro atoms. The van der Waals surface area contributed by atoms with Gasteiger partial charge in [0.1, 0.15) is 5.82 Å². The molecule has 1 aromatic carbocycles. The van der Waals surface area contributed by atoms with Gasteiger partial charge in [0.05, 0.1) is 11.9 Å². The van der Waals surface area contributed by atoms with Gasteiger partial charge in [-0.05, 0) is 19.5 Å². The monoisotopic (exact) mass is 256 g/mol. The molecule has 100 valence electrons. The molecule has 0 aliphatic heterocycles. The number of aromatic nitrogens is 2. The van der Waals surface area contributed by atoms with E-state index in [2.05, 4.69) is 51.5 Å². The Hall–Kier alpha value is -1.94. The molecule has 0 atom stereocenters. The molecule has 2 rings (SSSR count). The molecule has 0 aliphatic carbocycles. The van der Waals surface area contributed by atoms with E-state index < -0.39 is 0 Å². The minimum atomic E-state index is 0.841. The number of hydrogen-bond donors (Lipinski definition) is 1. The van der Waals surface area contributed by atoms with Crippen molar-refractivity contribution in [2.24, 2.45) is 0 Å². The maximum absolute atomic E-state index is 4.36. The van der Waals surface area contributed by atoms with E-state index in [4.69, 9.17) is 0 Å². The summed E-state index contributed by atoms with van der Waals surface area (Å²) in [5.74, 6) is 0.841. The molecule has 0 radical (unpaired) electrons. The number of nitrogens with one attached hydrogen (secondary N) is 1. The highest BCUT2D eigenvalue weighted by Crippen LogP contribution is 2.03. The predicted molar refractivity (Wildman–Crippen MR) is 78.0 cm³/mol. The molecule has 0 amide bonds. The molecule has 0 saturated carbocycles. The van der Waals surface area contributed by atoms with Crippen LogP contribution in [0.4, 0.5) is 5.82 Å². The van der Waals surface area contributed by atoms with E-state index in [-0.39, 0.29) is 0 Å². The average molecular weight is 256 g/mol. The van der Waals surface area contributed by atoms with Crippen LogP contribution in [0.2, 0.25) is 0 Å². The van der Waals surface area contributed by atoms with Crippen LogP contribution >= 0.6 is 0 Å². The maximum Gasteiger partial charge on any atom is 0.144 e. The number of nitrogens with zero attached hydrogens (tertiary/aromatic N) is 3. The highest BCUT2D eigenvalue weighted by atomic mass is 15.1. The third-order valence-electron chi connectivity index (χ3n) is 2.85. The van der Waals surface area contributed by atoms with Gasteiger partial charge in [0, 0.05) is 25.8 Å². The average Bonchev–Trinajstić information content (AvgIpc) is 2.40. The van der Waals surface area contributed by atoms with Gasteiger partial charge in [0.2, 0.25) is 0 Å². The summed E-state index contributed by atoms with van der Waals surface area (Å²) < 4.78 is 0. The van der Waals surface area contributed by atoms with Crippen LogP contribution in [0.25, 0.3) is 0 Å². The van der Waals surface area contributed by atoms with Crippen LogP contribution in [0.3, 0.4) is 0 Å². The zero-order chi connectivity index (χ0) is 13.5. The van der Waals surface area contributed by atoms with Gasteiger partial charge in [0.25, 0.3) is 0 Å². The minimum Gasteiger partial charge on any atom is -0.368 e. The Morgan fingerprint density at radius 1 is 1.16 bits per heavy atom. The molecular formula is C15H20N4. The Morgan fingerprint density at radius 2 is 1.95 bits per heavy atom. The predicted octanol–water partition coefficient (Wildman–Crippen LogP) is 2.33. The molecule has 1 N–H and O–H groups in total. The summed E-state index contributed by atoms with van der Waals surface area (Å²) in [5, 5.41) is 3.29. The summed E-state index contributed by atoms with van der Waals surface area (Å²) in [4.78, 5) is 10.8. The Morgan fingerprint density at radius 3 is 2.68 bits per heavy atom. The Bertz CT molecular complexity index is 499. The van der Waals surface area contributed by atoms with E-state index in [1.54, 1.807) is 12.4 Å². The fraction of sp³-hybridized carbons (Fsp3) is 0.333. The molecule has 2 aromatic rings. The molecule has 0 aliphatic rings. The van der Waals surface area contributed by atoms with Gasteiger partial charge in [-0.15, -0.1) is 0 Å². The second-order valence-corrected chi connectivity index (χ2v) is 4.70. The highest BCUT2D eigenvalue weighted by Gasteiger charge is 2.00. The number of aryl methyl sites for hydroxylation is 1. The molecule has 0 saturated heterocycles. The fourth-order valence-electron chi connectivity index (χ4n) is 1.90. The van der Waals surface area contributed by atoms with E-state index in [1.807, 2.05) is 13.0 Å². The normalized spacial score (nSPS) is 10.7. The van der Waals surface area contributed by atoms with E-state index in [9.17, 15) is 0 Å². The van der Waals surface area contributed by atoms with Crippen molar-refractivity contribution in [3.63, 3.8) is 0 Å². The SMILES string of the molecule is Cc1cncc(NCCN(C)Cc2ccccc2)n1. The molecule has 1 aromatic heterocycles. The Kier molecular flexibility index (Phi) is 4.86. The molecule has 0 fully saturated rings. The van der Waals surface area contributed by atoms with Gasteiger partial charge in [-0.1, -0.05) is 30.3 Å². The molecule has 19 heavy (non-hydrogen) atoms. The molecule has 4 heteroatoms. The van der Waals surface area contributed by atoms with Crippen molar-refractivity contribution in [1.82, 2.24) is 14.9 Å². The van der Waals surface area contributed by atoms with Gasteiger partial charge >= 0.3 is 0 Å². The van der Waals surface area contributed by atoms with Crippen molar-refractivity contribution in [2.45, 2.75) is 13.5 Å². The Labute approximate surface area is 114 Å². The van der Waals surface area contributed by atoms with Crippen LogP contribution in [-0.4, -0.2) is 35.0 Å². The van der Waals surface area contributed by atoms with E-state index in [0.29, 0.717) is 0 Å². The lowest BCUT2D eigenvalue weighted by atomic mass is 10.2. The largest absolute Gasteiger partial charge is 0.368 e. The van der Waals surface area contributed by atoms with Crippen molar-refractivity contribution in [3.05, 3.63) is 54.0 Å². The smallest absolute Gasteiger partial charge is 0.144 e. The number of rotatable bonds is 6. The van der Waals surface area contributed by atoms with Crippen molar-refractivity contribution in [3.8, 4) is 0 Å². The van der Waals surface area contributed by atoms with E-state index >= 15 is 0 Å². The van der Waals surface area contributed by atoms with Crippen LogP contribution in [0, 0.1) is 6.92 Å². The summed E-state index contributed by atoms with van der Waals surface area (Å²) in [6.45, 7) is 4.73. The summed E-state index contributed by atoms with van der Waals surface area (Å²) in [6.07, 6.45) is 3.51. The summed E-state index contributed by atoms with van der Waals surface area (Å²) in [6, 6.07) is 10.5. The maximum atomic E-state index is 4.36. The summed E-state index contributed by atoms with van der Waals surface area (Å²) in [7, 11) is 2.12. The lowest BCUT2D eigenvalue weighted by Gasteiger charge is -2.17. The van der Waals surface area contributed by atoms with Crippen molar-refractivity contribution in [1.29, 1.82) is 0 Å². The minimum absolute atomic E-state index is 0.841. The first-order valence-electron chi connectivity index (χ1n) is 6.49. The lowest BCUT2D eigenvalue weighted by molar-refractivity contribution is 0.340. The second-order valence-electron chi connectivity index (χ2n) is 4.70. The first-order chi connectivity index (χ1) is 9.24. The Balaban J connectivity index is 1.73. The number of hydrogen-bond acceptors (Lipinski definition) is 4. The summed E-state index contributed by atoms with van der Waals surface area (Å²) in [5.41, 5.74) is 2.27. The molecule has 1 heterocycles. The van der Waals surface area contributed by atoms with Crippen LogP contribution in [-0.2, 0) is 6.54 Å². The second kappa shape index (κ2) is 6.85. The van der Waals surface area contributed by atoms with Crippen LogP contribution in [0.1, 0.15) is 11.3 Å². The van der Waals surface area contributed by atoms with Gasteiger partial charge < -0.3 is 10.2 Å². The highest BCUT2D eigenvalue weighted by molar-refractivity contribution is 5.31. The molecular weight excluding hydrogens is 236 g/mol. The molecule has 0 unspecified atom stereocenters. The molecule has 4 nitrogen and oxygen atoms in total. The van der Waals surface area contributed by atoms with Gasteiger partial charge in [0.15, 0.2) is 0 Å². The molecule has 0 bridgehead atoms. The van der Waals surface area contributed by atoms with Crippen LogP contribution in [0.5, 0.6) is 0 Å². The topological polar surface area (TPSA) is 41.1 Å². The first kappa shape index (κ1) is 13.5. The van der Waals surface area contributed by atoms with Crippen molar-refractivity contribution < 1.29 is 0 Å². The third kappa shape index (κ3) is 4.67. The standard InChI is InChI=1S/C15H20N4/c1-13-10-16-11-15(18-13)17-8-9-19(2)12-14-6-4-3-5-7-14/h3-7,10-11H,8-9,12H2,1-2H3,(H,17,18). The van der Waals surface area contributed by atoms with Crippen LogP contribution in [0.15, 0.2) is 42.7 Å². The van der Waals surface area contributed by atoms with Gasteiger partial charge in [-0.25, -0.2) is 4.98 Å². The first-order valence-corrected chi connectivity index (χ1v) is 6.49. The van der Waals surface area contributed by atoms with E-state index in [0.717, 1.165) is 31.1 Å². The number of anilines is 1. The van der Waals surface area contributed by atoms with Crippen molar-refractivity contribution in [2.75, 3.05) is 25.5 Å². The zero-order valence-electron chi connectivity index (χ0n) is 11.5. The van der Waals surface area contributed by atoms with E-state index in [1.165, 1.54) is 5.56 Å². The summed E-state index contributed by atoms with van der Waals surface area (Å²) >= 11 is 0. The number of benzene rings is 1. The zero-order valence-corrected chi connectivity index (χ0v) is 11.5. The quantitative estimate of drug-likeness (QED) is 0.861. The van der Waals surface area contributed by atoms with Crippen LogP contribution < -0.4 is 5.32 Å². The fourth-order valence-corrected chi connectivity index (χ4v) is 1.90. The van der Waals surface area contributed by atoms with Crippen molar-refractivity contribution >= 4 is 5.82 Å². The lowest BCUT2D eigenvalue weighted by Crippen LogP contribution is -2.25. The third-order valence-corrected chi connectivity index (χ3v) is 2.85. The van der Waals surface area contributed by atoms with Gasteiger partial charge in [-0.2, -0.15) is 0 Å². The van der Waals surface area contributed by atoms with Gasteiger partial charge in [-0.3, -0.25) is 4.98 Å². The number of likely N-dealkylation sites (N-methyl/N-ethyl adjacent to an activating group) is 1.